The third kappa shape index (κ3) is 3.50. The number of nitrogens with zero attached hydrogens (tertiary/aromatic N) is 6. The molecule has 0 atom stereocenters. The fraction of sp³-hybridized carbons (Fsp3) is 0.238. The molecule has 6 nitrogen and oxygen atoms in total. The summed E-state index contributed by atoms with van der Waals surface area (Å²) in [5.74, 6) is 1.24. The van der Waals surface area contributed by atoms with E-state index in [1.54, 1.807) is 6.20 Å². The first-order valence-corrected chi connectivity index (χ1v) is 8.98. The van der Waals surface area contributed by atoms with Gasteiger partial charge in [0, 0.05) is 37.9 Å². The third-order valence-electron chi connectivity index (χ3n) is 4.75. The molecule has 4 rings (SSSR count). The molecule has 0 amide bonds. The fourth-order valence-electron chi connectivity index (χ4n) is 3.21. The van der Waals surface area contributed by atoms with Crippen molar-refractivity contribution in [1.29, 1.82) is 5.26 Å². The summed E-state index contributed by atoms with van der Waals surface area (Å²) in [7, 11) is 2.11. The molecule has 27 heavy (non-hydrogen) atoms. The number of rotatable bonds is 3. The molecule has 6 heteroatoms. The largest absolute Gasteiger partial charge is 0.353 e. The first-order chi connectivity index (χ1) is 13.3. The van der Waals surface area contributed by atoms with E-state index in [1.165, 1.54) is 0 Å². The molecule has 0 aliphatic carbocycles. The maximum Gasteiger partial charge on any atom is 0.180 e. The van der Waals surface area contributed by atoms with Crippen LogP contribution in [0.1, 0.15) is 5.56 Å². The van der Waals surface area contributed by atoms with Gasteiger partial charge < -0.3 is 9.80 Å². The molecule has 1 aromatic carbocycles. The normalized spacial score (nSPS) is 14.7. The Morgan fingerprint density at radius 1 is 0.926 bits per heavy atom. The Bertz CT molecular complexity index is 957. The molecule has 0 N–H and O–H groups in total. The Kier molecular flexibility index (Phi) is 4.77. The van der Waals surface area contributed by atoms with Gasteiger partial charge in [0.2, 0.25) is 0 Å². The number of aromatic nitrogens is 3. The van der Waals surface area contributed by atoms with Crippen LogP contribution in [0.3, 0.4) is 0 Å². The zero-order chi connectivity index (χ0) is 18.6. The van der Waals surface area contributed by atoms with Gasteiger partial charge in [-0.2, -0.15) is 5.26 Å². The van der Waals surface area contributed by atoms with Gasteiger partial charge in [-0.3, -0.25) is 4.98 Å². The number of piperazine rings is 1. The van der Waals surface area contributed by atoms with Crippen molar-refractivity contribution >= 4 is 5.82 Å². The second-order valence-electron chi connectivity index (χ2n) is 6.58. The topological polar surface area (TPSA) is 68.9 Å². The number of nitriles is 1. The van der Waals surface area contributed by atoms with Crippen LogP contribution in [0.15, 0.2) is 54.7 Å². The highest BCUT2D eigenvalue weighted by molar-refractivity contribution is 5.75. The predicted molar refractivity (Wildman–Crippen MR) is 105 cm³/mol. The predicted octanol–water partition coefficient (Wildman–Crippen LogP) is 2.83. The van der Waals surface area contributed by atoms with Crippen molar-refractivity contribution in [2.45, 2.75) is 0 Å². The number of hydrogen-bond donors (Lipinski definition) is 0. The molecule has 1 aliphatic heterocycles. The summed E-state index contributed by atoms with van der Waals surface area (Å²) in [6, 6.07) is 17.8. The molecule has 0 unspecified atom stereocenters. The molecule has 0 bridgehead atoms. The minimum absolute atomic E-state index is 0.519. The minimum atomic E-state index is 0.519. The summed E-state index contributed by atoms with van der Waals surface area (Å²) in [5.41, 5.74) is 2.78. The second kappa shape index (κ2) is 7.52. The van der Waals surface area contributed by atoms with Crippen LogP contribution in [0, 0.1) is 11.3 Å². The number of anilines is 1. The van der Waals surface area contributed by atoms with Gasteiger partial charge in [0.05, 0.1) is 5.69 Å². The average molecular weight is 356 g/mol. The van der Waals surface area contributed by atoms with Crippen molar-refractivity contribution in [3.8, 4) is 28.8 Å². The highest BCUT2D eigenvalue weighted by atomic mass is 15.3. The summed E-state index contributed by atoms with van der Waals surface area (Å²) in [6.07, 6.45) is 1.73. The number of pyridine rings is 1. The molecule has 0 radical (unpaired) electrons. The second-order valence-corrected chi connectivity index (χ2v) is 6.58. The van der Waals surface area contributed by atoms with Gasteiger partial charge in [0.25, 0.3) is 0 Å². The Labute approximate surface area is 158 Å². The van der Waals surface area contributed by atoms with E-state index in [-0.39, 0.29) is 0 Å². The molecule has 2 aromatic heterocycles. The average Bonchev–Trinajstić information content (AvgIpc) is 2.74. The molecule has 0 spiro atoms. The van der Waals surface area contributed by atoms with Crippen LogP contribution >= 0.6 is 0 Å². The molecule has 3 heterocycles. The van der Waals surface area contributed by atoms with Gasteiger partial charge in [-0.1, -0.05) is 36.4 Å². The van der Waals surface area contributed by atoms with Crippen LogP contribution in [0.5, 0.6) is 0 Å². The SMILES string of the molecule is CN1CCN(c2nc(-c3ccccn3)nc(-c3ccccc3)c2C#N)CC1. The van der Waals surface area contributed by atoms with Crippen LogP contribution < -0.4 is 4.90 Å². The Hall–Kier alpha value is -3.30. The van der Waals surface area contributed by atoms with Crippen molar-refractivity contribution in [2.24, 2.45) is 0 Å². The van der Waals surface area contributed by atoms with E-state index in [0.717, 1.165) is 31.7 Å². The highest BCUT2D eigenvalue weighted by Crippen LogP contribution is 2.31. The zero-order valence-corrected chi connectivity index (χ0v) is 15.2. The van der Waals surface area contributed by atoms with Crippen LogP contribution in [0.2, 0.25) is 0 Å². The summed E-state index contributed by atoms with van der Waals surface area (Å²) in [6.45, 7) is 3.54. The van der Waals surface area contributed by atoms with E-state index in [2.05, 4.69) is 27.9 Å². The maximum atomic E-state index is 9.92. The number of benzene rings is 1. The first kappa shape index (κ1) is 17.1. The summed E-state index contributed by atoms with van der Waals surface area (Å²) >= 11 is 0. The molecule has 134 valence electrons. The number of hydrogen-bond acceptors (Lipinski definition) is 6. The molecule has 1 aliphatic rings. The van der Waals surface area contributed by atoms with Gasteiger partial charge in [0.15, 0.2) is 11.6 Å². The molecule has 0 saturated carbocycles. The summed E-state index contributed by atoms with van der Waals surface area (Å²) in [5, 5.41) is 9.92. The zero-order valence-electron chi connectivity index (χ0n) is 15.2. The molecular weight excluding hydrogens is 336 g/mol. The summed E-state index contributed by atoms with van der Waals surface area (Å²) < 4.78 is 0. The van der Waals surface area contributed by atoms with Gasteiger partial charge in [-0.15, -0.1) is 0 Å². The van der Waals surface area contributed by atoms with Crippen LogP contribution in [-0.2, 0) is 0 Å². The molecule has 1 fully saturated rings. The molecular formula is C21H20N6. The third-order valence-corrected chi connectivity index (χ3v) is 4.75. The Balaban J connectivity index is 1.90. The van der Waals surface area contributed by atoms with Crippen LogP contribution in [-0.4, -0.2) is 53.1 Å². The standard InChI is InChI=1S/C21H20N6/c1-26-11-13-27(14-12-26)21-17(15-22)19(16-7-3-2-4-8-16)24-20(25-21)18-9-5-6-10-23-18/h2-10H,11-14H2,1H3. The van der Waals surface area contributed by atoms with Gasteiger partial charge in [-0.25, -0.2) is 9.97 Å². The highest BCUT2D eigenvalue weighted by Gasteiger charge is 2.23. The van der Waals surface area contributed by atoms with Crippen LogP contribution in [0.25, 0.3) is 22.8 Å². The van der Waals surface area contributed by atoms with Crippen molar-refractivity contribution in [1.82, 2.24) is 19.9 Å². The Morgan fingerprint density at radius 3 is 2.33 bits per heavy atom. The monoisotopic (exact) mass is 356 g/mol. The summed E-state index contributed by atoms with van der Waals surface area (Å²) in [4.78, 5) is 18.3. The minimum Gasteiger partial charge on any atom is -0.353 e. The van der Waals surface area contributed by atoms with E-state index >= 15 is 0 Å². The fourth-order valence-corrected chi connectivity index (χ4v) is 3.21. The lowest BCUT2D eigenvalue weighted by Gasteiger charge is -2.34. The lowest BCUT2D eigenvalue weighted by atomic mass is 10.1. The lowest BCUT2D eigenvalue weighted by molar-refractivity contribution is 0.312. The van der Waals surface area contributed by atoms with E-state index in [9.17, 15) is 5.26 Å². The van der Waals surface area contributed by atoms with Gasteiger partial charge >= 0.3 is 0 Å². The van der Waals surface area contributed by atoms with E-state index in [4.69, 9.17) is 9.97 Å². The number of likely N-dealkylation sites (N-methyl/N-ethyl adjacent to an activating group) is 1. The maximum absolute atomic E-state index is 9.92. The smallest absolute Gasteiger partial charge is 0.180 e. The van der Waals surface area contributed by atoms with E-state index in [1.807, 2.05) is 48.5 Å². The van der Waals surface area contributed by atoms with Crippen molar-refractivity contribution in [3.63, 3.8) is 0 Å². The van der Waals surface area contributed by atoms with Crippen molar-refractivity contribution in [2.75, 3.05) is 38.1 Å². The van der Waals surface area contributed by atoms with Crippen molar-refractivity contribution < 1.29 is 0 Å². The lowest BCUT2D eigenvalue weighted by Crippen LogP contribution is -2.45. The van der Waals surface area contributed by atoms with Crippen LogP contribution in [0.4, 0.5) is 5.82 Å². The van der Waals surface area contributed by atoms with E-state index in [0.29, 0.717) is 28.6 Å². The molecule has 3 aromatic rings. The first-order valence-electron chi connectivity index (χ1n) is 8.98. The van der Waals surface area contributed by atoms with Gasteiger partial charge in [0.1, 0.15) is 17.3 Å². The van der Waals surface area contributed by atoms with Gasteiger partial charge in [-0.05, 0) is 19.2 Å². The Morgan fingerprint density at radius 2 is 1.67 bits per heavy atom. The quantitative estimate of drug-likeness (QED) is 0.719. The van der Waals surface area contributed by atoms with E-state index < -0.39 is 0 Å². The van der Waals surface area contributed by atoms with Crippen molar-refractivity contribution in [3.05, 3.63) is 60.3 Å². The molecule has 1 saturated heterocycles.